The zero-order chi connectivity index (χ0) is 23.5. The summed E-state index contributed by atoms with van der Waals surface area (Å²) in [5.41, 5.74) is 2.70. The Labute approximate surface area is 220 Å². The molecule has 4 aromatic carbocycles. The van der Waals surface area contributed by atoms with Crippen molar-refractivity contribution in [3.8, 4) is 0 Å². The van der Waals surface area contributed by atoms with Gasteiger partial charge in [0, 0.05) is 9.52 Å². The molecule has 0 aliphatic carbocycles. The molecule has 0 nitrogen and oxygen atoms in total. The minimum Gasteiger partial charge on any atom is -0.343 e. The van der Waals surface area contributed by atoms with Gasteiger partial charge in [-0.25, -0.2) is 0 Å². The fourth-order valence-corrected chi connectivity index (χ4v) is 2.61. The molecule has 170 valence electrons. The van der Waals surface area contributed by atoms with Gasteiger partial charge >= 0.3 is 26.2 Å². The summed E-state index contributed by atoms with van der Waals surface area (Å²) in [6, 6.07) is 25.7. The molecule has 32 heavy (non-hydrogen) atoms. The summed E-state index contributed by atoms with van der Waals surface area (Å²) in [7, 11) is 1.08. The van der Waals surface area contributed by atoms with E-state index in [0.29, 0.717) is 0 Å². The van der Waals surface area contributed by atoms with Gasteiger partial charge < -0.3 is 13.8 Å². The van der Waals surface area contributed by atoms with Crippen molar-refractivity contribution in [1.29, 1.82) is 0 Å². The third-order valence-electron chi connectivity index (χ3n) is 4.23. The second-order valence-electron chi connectivity index (χ2n) is 7.53. The van der Waals surface area contributed by atoms with Gasteiger partial charge in [-0.1, -0.05) is 65.8 Å². The van der Waals surface area contributed by atoms with Crippen LogP contribution < -0.4 is 0 Å². The molecule has 0 heterocycles. The van der Waals surface area contributed by atoms with Crippen LogP contribution >= 0.6 is 0 Å². The number of fused-ring (bicyclic) bond motifs is 2. The van der Waals surface area contributed by atoms with Gasteiger partial charge in [0.15, 0.2) is 0 Å². The Kier molecular flexibility index (Phi) is 22.2. The van der Waals surface area contributed by atoms with Gasteiger partial charge in [0.05, 0.1) is 0 Å². The van der Waals surface area contributed by atoms with Gasteiger partial charge in [-0.3, -0.25) is 0 Å². The molecular formula is C30H42SiZr. The van der Waals surface area contributed by atoms with Crippen LogP contribution in [0, 0.1) is 27.7 Å². The molecule has 0 aliphatic heterocycles. The molecule has 0 bridgehead atoms. The zero-order valence-corrected chi connectivity index (χ0v) is 24.6. The molecule has 2 heteroatoms. The van der Waals surface area contributed by atoms with Gasteiger partial charge in [0.25, 0.3) is 0 Å². The topological polar surface area (TPSA) is 0 Å². The van der Waals surface area contributed by atoms with Crippen molar-refractivity contribution < 1.29 is 26.2 Å². The van der Waals surface area contributed by atoms with E-state index in [1.54, 1.807) is 0 Å². The molecule has 0 saturated heterocycles. The molecule has 4 aromatic rings. The maximum atomic E-state index is 3.60. The standard InChI is InChI=1S/2C10H9.2C4H9.C2H6Si.Zr/c2*1-8-6-9-4-2-3-5-10(9)7-8;2*1-3-4-2;1-3-2;/h2*2-7H,1H3;2*1,3-4H2,2H3;1-2H3;/q4*-1;;+4. The first-order valence-electron chi connectivity index (χ1n) is 11.4. The van der Waals surface area contributed by atoms with Crippen LogP contribution in [0.5, 0.6) is 0 Å². The quantitative estimate of drug-likeness (QED) is 0.182. The van der Waals surface area contributed by atoms with Gasteiger partial charge in [-0.15, -0.1) is 81.2 Å². The van der Waals surface area contributed by atoms with Crippen molar-refractivity contribution in [2.75, 3.05) is 0 Å². The molecule has 0 fully saturated rings. The number of hydrogen-bond donors (Lipinski definition) is 0. The van der Waals surface area contributed by atoms with Crippen LogP contribution in [0.2, 0.25) is 13.1 Å². The molecule has 0 amide bonds. The van der Waals surface area contributed by atoms with Crippen molar-refractivity contribution >= 4 is 31.1 Å². The van der Waals surface area contributed by atoms with E-state index in [2.05, 4.69) is 127 Å². The number of aryl methyl sites for hydroxylation is 2. The van der Waals surface area contributed by atoms with Crippen LogP contribution in [-0.2, 0) is 26.2 Å². The number of rotatable bonds is 2. The van der Waals surface area contributed by atoms with Crippen molar-refractivity contribution in [2.24, 2.45) is 0 Å². The summed E-state index contributed by atoms with van der Waals surface area (Å²) >= 11 is 0. The first-order valence-corrected chi connectivity index (χ1v) is 13.4. The van der Waals surface area contributed by atoms with Crippen molar-refractivity contribution in [1.82, 2.24) is 0 Å². The van der Waals surface area contributed by atoms with Crippen LogP contribution in [0.15, 0.2) is 72.8 Å². The normalized spacial score (nSPS) is 9.00. The summed E-state index contributed by atoms with van der Waals surface area (Å²) in [5, 5.41) is 5.39. The van der Waals surface area contributed by atoms with Gasteiger partial charge in [0.1, 0.15) is 0 Å². The molecule has 0 unspecified atom stereocenters. The Morgan fingerprint density at radius 2 is 0.969 bits per heavy atom. The largest absolute Gasteiger partial charge is 4.00 e. The Morgan fingerprint density at radius 3 is 1.22 bits per heavy atom. The maximum Gasteiger partial charge on any atom is 4.00 e. The monoisotopic (exact) mass is 520 g/mol. The van der Waals surface area contributed by atoms with Crippen molar-refractivity contribution in [2.45, 2.75) is 66.5 Å². The van der Waals surface area contributed by atoms with Gasteiger partial charge in [0.2, 0.25) is 0 Å². The number of hydrogen-bond acceptors (Lipinski definition) is 0. The Morgan fingerprint density at radius 1 is 0.688 bits per heavy atom. The van der Waals surface area contributed by atoms with E-state index in [9.17, 15) is 0 Å². The number of unbranched alkanes of at least 4 members (excludes halogenated alkanes) is 2. The number of benzene rings is 2. The third-order valence-corrected chi connectivity index (χ3v) is 4.23. The Bertz CT molecular complexity index is 771. The fraction of sp³-hybridized carbons (Fsp3) is 0.333. The predicted octanol–water partition coefficient (Wildman–Crippen LogP) is 9.76. The summed E-state index contributed by atoms with van der Waals surface area (Å²) in [4.78, 5) is 0. The van der Waals surface area contributed by atoms with E-state index in [-0.39, 0.29) is 26.2 Å². The molecule has 0 spiro atoms. The van der Waals surface area contributed by atoms with Crippen LogP contribution in [-0.4, -0.2) is 9.52 Å². The fourth-order valence-electron chi connectivity index (χ4n) is 2.61. The summed E-state index contributed by atoms with van der Waals surface area (Å²) in [6.07, 6.45) is 4.56. The third kappa shape index (κ3) is 14.8. The van der Waals surface area contributed by atoms with E-state index in [4.69, 9.17) is 0 Å². The summed E-state index contributed by atoms with van der Waals surface area (Å²) in [5.74, 6) is 0. The van der Waals surface area contributed by atoms with Gasteiger partial charge in [-0.2, -0.15) is 25.0 Å². The Hall–Kier alpha value is -1.24. The molecule has 2 radical (unpaired) electrons. The minimum absolute atomic E-state index is 0. The molecule has 0 aromatic heterocycles. The Balaban J connectivity index is 0. The van der Waals surface area contributed by atoms with Crippen molar-refractivity contribution in [3.63, 3.8) is 0 Å². The van der Waals surface area contributed by atoms with E-state index in [1.807, 2.05) is 0 Å². The molecular weight excluding hydrogens is 480 g/mol. The molecule has 0 saturated carbocycles. The van der Waals surface area contributed by atoms with E-state index < -0.39 is 0 Å². The smallest absolute Gasteiger partial charge is 0.343 e. The van der Waals surface area contributed by atoms with Crippen molar-refractivity contribution in [3.05, 3.63) is 97.8 Å². The average Bonchev–Trinajstić information content (AvgIpc) is 3.35. The van der Waals surface area contributed by atoms with Crippen LogP contribution in [0.4, 0.5) is 0 Å². The predicted molar refractivity (Wildman–Crippen MR) is 147 cm³/mol. The van der Waals surface area contributed by atoms with Crippen LogP contribution in [0.3, 0.4) is 0 Å². The van der Waals surface area contributed by atoms with E-state index in [0.717, 1.165) is 22.4 Å². The van der Waals surface area contributed by atoms with Crippen LogP contribution in [0.25, 0.3) is 21.5 Å². The van der Waals surface area contributed by atoms with Gasteiger partial charge in [-0.05, 0) is 0 Å². The molecule has 0 aliphatic rings. The minimum atomic E-state index is 0. The first kappa shape index (κ1) is 32.9. The van der Waals surface area contributed by atoms with Crippen LogP contribution in [0.1, 0.15) is 50.7 Å². The molecule has 0 N–H and O–H groups in total. The second kappa shape index (κ2) is 21.6. The molecule has 0 atom stereocenters. The van der Waals surface area contributed by atoms with E-state index in [1.165, 1.54) is 45.5 Å². The summed E-state index contributed by atoms with van der Waals surface area (Å²) < 4.78 is 0. The second-order valence-corrected chi connectivity index (χ2v) is 8.53. The SMILES string of the molecule is C[Si]C.Cc1cc2ccccc2[cH-]1.Cc1cc2ccccc2[cH-]1.[CH2-]CCC.[CH2-]CCC.[Zr+4]. The van der Waals surface area contributed by atoms with E-state index >= 15 is 0 Å². The maximum absolute atomic E-state index is 3.60. The summed E-state index contributed by atoms with van der Waals surface area (Å²) in [6.45, 7) is 20.0. The average molecular weight is 522 g/mol. The molecule has 4 rings (SSSR count). The first-order chi connectivity index (χ1) is 15.0. The zero-order valence-electron chi connectivity index (χ0n) is 21.2.